The first kappa shape index (κ1) is 20.5. The van der Waals surface area contributed by atoms with Gasteiger partial charge in [-0.2, -0.15) is 0 Å². The fourth-order valence-electron chi connectivity index (χ4n) is 3.83. The summed E-state index contributed by atoms with van der Waals surface area (Å²) in [6, 6.07) is 12.0. The summed E-state index contributed by atoms with van der Waals surface area (Å²) in [6.45, 7) is 9.49. The van der Waals surface area contributed by atoms with Gasteiger partial charge in [0.25, 0.3) is 0 Å². The molecule has 1 aromatic carbocycles. The summed E-state index contributed by atoms with van der Waals surface area (Å²) in [7, 11) is 0. The van der Waals surface area contributed by atoms with E-state index >= 15 is 0 Å². The summed E-state index contributed by atoms with van der Waals surface area (Å²) < 4.78 is 2.02. The summed E-state index contributed by atoms with van der Waals surface area (Å²) in [5, 5.41) is 12.7. The van der Waals surface area contributed by atoms with Gasteiger partial charge in [-0.15, -0.1) is 10.2 Å². The molecular weight excluding hydrogens is 398 g/mol. The van der Waals surface area contributed by atoms with Crippen LogP contribution in [0.15, 0.2) is 47.6 Å². The number of pyridine rings is 1. The van der Waals surface area contributed by atoms with Crippen molar-refractivity contribution in [3.63, 3.8) is 0 Å². The summed E-state index contributed by atoms with van der Waals surface area (Å²) in [5.41, 5.74) is 3.35. The van der Waals surface area contributed by atoms with Crippen LogP contribution in [0.1, 0.15) is 18.3 Å². The van der Waals surface area contributed by atoms with Crippen molar-refractivity contribution in [1.82, 2.24) is 24.8 Å². The van der Waals surface area contributed by atoms with Crippen LogP contribution in [0.5, 0.6) is 0 Å². The van der Waals surface area contributed by atoms with E-state index < -0.39 is 0 Å². The number of hydrogen-bond acceptors (Lipinski definition) is 4. The molecule has 7 nitrogen and oxygen atoms in total. The van der Waals surface area contributed by atoms with E-state index in [2.05, 4.69) is 51.3 Å². The second-order valence-electron chi connectivity index (χ2n) is 7.44. The topological polar surface area (TPSA) is 61.1 Å². The molecule has 0 amide bonds. The van der Waals surface area contributed by atoms with Gasteiger partial charge in [0, 0.05) is 62.6 Å². The van der Waals surface area contributed by atoms with E-state index in [1.807, 2.05) is 34.9 Å². The summed E-state index contributed by atoms with van der Waals surface area (Å²) >= 11 is 6.21. The fourth-order valence-corrected chi connectivity index (χ4v) is 4.00. The van der Waals surface area contributed by atoms with Crippen molar-refractivity contribution in [2.75, 3.05) is 44.2 Å². The van der Waals surface area contributed by atoms with Crippen LogP contribution in [0, 0.1) is 6.92 Å². The molecule has 0 atom stereocenters. The first-order valence-corrected chi connectivity index (χ1v) is 10.9. The molecule has 0 aliphatic carbocycles. The van der Waals surface area contributed by atoms with Gasteiger partial charge >= 0.3 is 0 Å². The Kier molecular flexibility index (Phi) is 6.38. The number of aliphatic imine (C=N–C) groups is 1. The predicted molar refractivity (Wildman–Crippen MR) is 123 cm³/mol. The zero-order valence-electron chi connectivity index (χ0n) is 17.6. The zero-order valence-corrected chi connectivity index (χ0v) is 18.3. The van der Waals surface area contributed by atoms with Gasteiger partial charge in [-0.25, -0.2) is 0 Å². The Labute approximate surface area is 182 Å². The molecule has 0 bridgehead atoms. The number of fused-ring (bicyclic) bond motifs is 1. The van der Waals surface area contributed by atoms with Crippen LogP contribution in [0.25, 0.3) is 5.65 Å². The number of halogens is 1. The lowest BCUT2D eigenvalue weighted by atomic mass is 10.1. The first-order valence-electron chi connectivity index (χ1n) is 10.5. The van der Waals surface area contributed by atoms with Crippen molar-refractivity contribution >= 4 is 28.9 Å². The van der Waals surface area contributed by atoms with Crippen molar-refractivity contribution < 1.29 is 0 Å². The Bertz CT molecular complexity index is 1020. The van der Waals surface area contributed by atoms with Gasteiger partial charge in [0.15, 0.2) is 11.6 Å². The van der Waals surface area contributed by atoms with Crippen molar-refractivity contribution in [2.24, 2.45) is 4.99 Å². The van der Waals surface area contributed by atoms with E-state index in [1.165, 1.54) is 11.3 Å². The molecule has 1 N–H and O–H groups in total. The number of aryl methyl sites for hydroxylation is 1. The number of nitrogens with zero attached hydrogens (tertiary/aromatic N) is 6. The molecule has 1 saturated heterocycles. The van der Waals surface area contributed by atoms with Crippen molar-refractivity contribution in [3.8, 4) is 0 Å². The molecule has 1 aliphatic heterocycles. The normalized spacial score (nSPS) is 15.1. The lowest BCUT2D eigenvalue weighted by Crippen LogP contribution is -2.52. The average Bonchev–Trinajstić information content (AvgIpc) is 3.18. The highest BCUT2D eigenvalue weighted by Crippen LogP contribution is 2.25. The minimum Gasteiger partial charge on any atom is -0.368 e. The number of guanidine groups is 1. The third-order valence-electron chi connectivity index (χ3n) is 5.41. The quantitative estimate of drug-likeness (QED) is 0.503. The molecule has 3 aromatic rings. The lowest BCUT2D eigenvalue weighted by Gasteiger charge is -2.38. The van der Waals surface area contributed by atoms with Gasteiger partial charge in [-0.1, -0.05) is 23.7 Å². The third-order valence-corrected chi connectivity index (χ3v) is 5.64. The Morgan fingerprint density at radius 3 is 2.77 bits per heavy atom. The van der Waals surface area contributed by atoms with Gasteiger partial charge in [-0.05, 0) is 43.7 Å². The van der Waals surface area contributed by atoms with E-state index in [1.54, 1.807) is 0 Å². The summed E-state index contributed by atoms with van der Waals surface area (Å²) in [5.74, 6) is 1.90. The number of piperazine rings is 1. The molecule has 1 fully saturated rings. The number of hydrogen-bond donors (Lipinski definition) is 1. The van der Waals surface area contributed by atoms with Crippen molar-refractivity contribution in [3.05, 3.63) is 59.0 Å². The van der Waals surface area contributed by atoms with Crippen LogP contribution >= 0.6 is 11.6 Å². The Morgan fingerprint density at radius 1 is 1.13 bits per heavy atom. The standard InChI is InChI=1S/C22H28ClN7/c1-3-24-22(25-10-9-21-27-26-20-6-4-5-11-30(20)21)29-14-12-28(13-15-29)19-16-18(23)8-7-17(19)2/h4-8,11,16H,3,9-10,12-15H2,1-2H3,(H,24,25). The first-order chi connectivity index (χ1) is 14.7. The number of aromatic nitrogens is 3. The minimum atomic E-state index is 0.672. The number of benzene rings is 1. The van der Waals surface area contributed by atoms with E-state index in [4.69, 9.17) is 16.6 Å². The van der Waals surface area contributed by atoms with Gasteiger partial charge in [0.05, 0.1) is 0 Å². The summed E-state index contributed by atoms with van der Waals surface area (Å²) in [6.07, 6.45) is 2.75. The van der Waals surface area contributed by atoms with Crippen LogP contribution < -0.4 is 10.2 Å². The summed E-state index contributed by atoms with van der Waals surface area (Å²) in [4.78, 5) is 9.60. The molecule has 30 heavy (non-hydrogen) atoms. The molecular formula is C22H28ClN7. The molecule has 0 saturated carbocycles. The number of anilines is 1. The molecule has 0 radical (unpaired) electrons. The van der Waals surface area contributed by atoms with Crippen LogP contribution in [0.3, 0.4) is 0 Å². The highest BCUT2D eigenvalue weighted by Gasteiger charge is 2.21. The third kappa shape index (κ3) is 4.51. The monoisotopic (exact) mass is 425 g/mol. The maximum Gasteiger partial charge on any atom is 0.194 e. The minimum absolute atomic E-state index is 0.672. The lowest BCUT2D eigenvalue weighted by molar-refractivity contribution is 0.372. The Morgan fingerprint density at radius 2 is 1.97 bits per heavy atom. The maximum atomic E-state index is 6.21. The molecule has 158 valence electrons. The number of rotatable bonds is 5. The second-order valence-corrected chi connectivity index (χ2v) is 7.87. The van der Waals surface area contributed by atoms with E-state index in [9.17, 15) is 0 Å². The fraction of sp³-hybridized carbons (Fsp3) is 0.409. The van der Waals surface area contributed by atoms with Gasteiger partial charge in [-0.3, -0.25) is 9.39 Å². The van der Waals surface area contributed by atoms with E-state index in [-0.39, 0.29) is 0 Å². The van der Waals surface area contributed by atoms with Gasteiger partial charge in [0.2, 0.25) is 0 Å². The molecule has 1 aliphatic rings. The molecule has 4 rings (SSSR count). The smallest absolute Gasteiger partial charge is 0.194 e. The molecule has 0 spiro atoms. The molecule has 0 unspecified atom stereocenters. The van der Waals surface area contributed by atoms with Gasteiger partial charge < -0.3 is 15.1 Å². The zero-order chi connectivity index (χ0) is 20.9. The number of nitrogens with one attached hydrogen (secondary N) is 1. The molecule has 2 aromatic heterocycles. The predicted octanol–water partition coefficient (Wildman–Crippen LogP) is 3.02. The SMILES string of the molecule is CCNC(=NCCc1nnc2ccccn12)N1CCN(c2cc(Cl)ccc2C)CC1. The van der Waals surface area contributed by atoms with Gasteiger partial charge in [0.1, 0.15) is 5.82 Å². The van der Waals surface area contributed by atoms with E-state index in [0.29, 0.717) is 6.54 Å². The highest BCUT2D eigenvalue weighted by atomic mass is 35.5. The van der Waals surface area contributed by atoms with Crippen molar-refractivity contribution in [2.45, 2.75) is 20.3 Å². The van der Waals surface area contributed by atoms with Crippen LogP contribution in [-0.2, 0) is 6.42 Å². The Balaban J connectivity index is 1.39. The highest BCUT2D eigenvalue weighted by molar-refractivity contribution is 6.30. The maximum absolute atomic E-state index is 6.21. The largest absolute Gasteiger partial charge is 0.368 e. The van der Waals surface area contributed by atoms with Crippen LogP contribution in [0.4, 0.5) is 5.69 Å². The molecule has 8 heteroatoms. The van der Waals surface area contributed by atoms with Crippen LogP contribution in [-0.4, -0.2) is 64.7 Å². The van der Waals surface area contributed by atoms with Crippen molar-refractivity contribution in [1.29, 1.82) is 0 Å². The second kappa shape index (κ2) is 9.34. The average molecular weight is 426 g/mol. The van der Waals surface area contributed by atoms with Crippen LogP contribution in [0.2, 0.25) is 5.02 Å². The van der Waals surface area contributed by atoms with E-state index in [0.717, 1.165) is 61.6 Å². The molecule has 3 heterocycles. The Hall–Kier alpha value is -2.80.